The van der Waals surface area contributed by atoms with Crippen LogP contribution in [0.4, 0.5) is 0 Å². The predicted octanol–water partition coefficient (Wildman–Crippen LogP) is 2.82. The quantitative estimate of drug-likeness (QED) is 0.419. The van der Waals surface area contributed by atoms with Gasteiger partial charge in [-0.05, 0) is 76.0 Å². The van der Waals surface area contributed by atoms with Crippen molar-refractivity contribution in [1.82, 2.24) is 20.4 Å². The van der Waals surface area contributed by atoms with Crippen LogP contribution in [0.25, 0.3) is 0 Å². The first kappa shape index (κ1) is 20.2. The van der Waals surface area contributed by atoms with Crippen molar-refractivity contribution in [2.75, 3.05) is 46.3 Å². The molecule has 2 fully saturated rings. The second-order valence-corrected chi connectivity index (χ2v) is 7.91. The van der Waals surface area contributed by atoms with Crippen LogP contribution in [0.1, 0.15) is 49.7 Å². The van der Waals surface area contributed by atoms with Gasteiger partial charge in [-0.2, -0.15) is 0 Å². The Bertz CT molecular complexity index is 557. The minimum atomic E-state index is 0.815. The maximum absolute atomic E-state index is 4.34. The lowest BCUT2D eigenvalue weighted by atomic mass is 10.1. The van der Waals surface area contributed by atoms with Crippen molar-refractivity contribution >= 4 is 5.96 Å². The zero-order chi connectivity index (χ0) is 18.7. The molecule has 2 heterocycles. The second-order valence-electron chi connectivity index (χ2n) is 7.91. The van der Waals surface area contributed by atoms with Crippen LogP contribution in [0.15, 0.2) is 29.3 Å². The normalized spacial score (nSPS) is 19.4. The number of aliphatic imine (C=N–C) groups is 1. The summed E-state index contributed by atoms with van der Waals surface area (Å²) in [6, 6.07) is 9.04. The summed E-state index contributed by atoms with van der Waals surface area (Å²) in [5.74, 6) is 0.897. The minimum absolute atomic E-state index is 0.815. The number of nitrogens with one attached hydrogen (secondary N) is 2. The molecule has 0 saturated carbocycles. The van der Waals surface area contributed by atoms with E-state index < -0.39 is 0 Å². The van der Waals surface area contributed by atoms with Crippen LogP contribution >= 0.6 is 0 Å². The summed E-state index contributed by atoms with van der Waals surface area (Å²) in [5, 5.41) is 6.86. The van der Waals surface area contributed by atoms with Gasteiger partial charge in [0.05, 0.1) is 0 Å². The molecule has 3 rings (SSSR count). The first-order valence-corrected chi connectivity index (χ1v) is 10.8. The van der Waals surface area contributed by atoms with Crippen molar-refractivity contribution in [1.29, 1.82) is 0 Å². The molecule has 0 aromatic heterocycles. The van der Waals surface area contributed by atoms with E-state index in [9.17, 15) is 0 Å². The highest BCUT2D eigenvalue weighted by atomic mass is 15.2. The summed E-state index contributed by atoms with van der Waals surface area (Å²) in [6.07, 6.45) is 8.01. The summed E-state index contributed by atoms with van der Waals surface area (Å²) in [4.78, 5) is 9.47. The molecular formula is C22H37N5. The Morgan fingerprint density at radius 3 is 2.19 bits per heavy atom. The van der Waals surface area contributed by atoms with Crippen LogP contribution in [-0.2, 0) is 13.1 Å². The van der Waals surface area contributed by atoms with Crippen LogP contribution < -0.4 is 10.6 Å². The van der Waals surface area contributed by atoms with E-state index in [1.807, 2.05) is 7.05 Å². The van der Waals surface area contributed by atoms with Gasteiger partial charge in [-0.25, -0.2) is 0 Å². The molecule has 5 heteroatoms. The SMILES string of the molecule is CN=C(NCCCN1CCCC1)NCc1ccc(CN2CCCCC2)cc1. The minimum Gasteiger partial charge on any atom is -0.356 e. The number of hydrogen-bond donors (Lipinski definition) is 2. The van der Waals surface area contributed by atoms with Gasteiger partial charge < -0.3 is 15.5 Å². The molecule has 0 bridgehead atoms. The van der Waals surface area contributed by atoms with E-state index in [0.29, 0.717) is 0 Å². The lowest BCUT2D eigenvalue weighted by Crippen LogP contribution is -2.38. The zero-order valence-corrected chi connectivity index (χ0v) is 17.1. The van der Waals surface area contributed by atoms with Crippen LogP contribution in [-0.4, -0.2) is 62.1 Å². The maximum Gasteiger partial charge on any atom is 0.191 e. The van der Waals surface area contributed by atoms with Crippen molar-refractivity contribution in [3.63, 3.8) is 0 Å². The van der Waals surface area contributed by atoms with Crippen molar-refractivity contribution in [2.24, 2.45) is 4.99 Å². The number of guanidine groups is 1. The number of piperidine rings is 1. The lowest BCUT2D eigenvalue weighted by molar-refractivity contribution is 0.221. The molecule has 150 valence electrons. The third kappa shape index (κ3) is 7.15. The van der Waals surface area contributed by atoms with Gasteiger partial charge in [-0.1, -0.05) is 30.7 Å². The molecule has 2 aliphatic rings. The fourth-order valence-electron chi connectivity index (χ4n) is 4.06. The predicted molar refractivity (Wildman–Crippen MR) is 114 cm³/mol. The first-order chi connectivity index (χ1) is 13.3. The zero-order valence-electron chi connectivity index (χ0n) is 17.1. The van der Waals surface area contributed by atoms with E-state index in [4.69, 9.17) is 0 Å². The van der Waals surface area contributed by atoms with E-state index in [1.54, 1.807) is 0 Å². The summed E-state index contributed by atoms with van der Waals surface area (Å²) >= 11 is 0. The number of rotatable bonds is 8. The Balaban J connectivity index is 1.33. The maximum atomic E-state index is 4.34. The van der Waals surface area contributed by atoms with E-state index in [0.717, 1.165) is 25.6 Å². The van der Waals surface area contributed by atoms with Gasteiger partial charge in [0.15, 0.2) is 5.96 Å². The average molecular weight is 372 g/mol. The third-order valence-corrected chi connectivity index (χ3v) is 5.70. The molecule has 0 amide bonds. The lowest BCUT2D eigenvalue weighted by Gasteiger charge is -2.26. The van der Waals surface area contributed by atoms with Crippen LogP contribution in [0, 0.1) is 0 Å². The fraction of sp³-hybridized carbons (Fsp3) is 0.682. The van der Waals surface area contributed by atoms with Crippen molar-refractivity contribution in [2.45, 2.75) is 51.6 Å². The Kier molecular flexibility index (Phi) is 8.43. The molecule has 2 N–H and O–H groups in total. The molecule has 0 radical (unpaired) electrons. The van der Waals surface area contributed by atoms with Crippen molar-refractivity contribution in [3.05, 3.63) is 35.4 Å². The highest BCUT2D eigenvalue weighted by Crippen LogP contribution is 2.13. The number of benzene rings is 1. The summed E-state index contributed by atoms with van der Waals surface area (Å²) in [6.45, 7) is 9.14. The van der Waals surface area contributed by atoms with Gasteiger partial charge in [0.2, 0.25) is 0 Å². The van der Waals surface area contributed by atoms with E-state index in [1.165, 1.54) is 82.4 Å². The molecule has 1 aromatic carbocycles. The van der Waals surface area contributed by atoms with Crippen LogP contribution in [0.2, 0.25) is 0 Å². The summed E-state index contributed by atoms with van der Waals surface area (Å²) in [7, 11) is 1.84. The monoisotopic (exact) mass is 371 g/mol. The Hall–Kier alpha value is -1.59. The molecule has 2 saturated heterocycles. The molecule has 2 aliphatic heterocycles. The molecule has 27 heavy (non-hydrogen) atoms. The van der Waals surface area contributed by atoms with Crippen molar-refractivity contribution < 1.29 is 0 Å². The molecule has 1 aromatic rings. The van der Waals surface area contributed by atoms with Gasteiger partial charge in [-0.3, -0.25) is 9.89 Å². The largest absolute Gasteiger partial charge is 0.356 e. The Labute approximate surface area is 165 Å². The molecule has 0 atom stereocenters. The molecule has 5 nitrogen and oxygen atoms in total. The molecule has 0 spiro atoms. The van der Waals surface area contributed by atoms with E-state index in [-0.39, 0.29) is 0 Å². The van der Waals surface area contributed by atoms with E-state index in [2.05, 4.69) is 49.7 Å². The van der Waals surface area contributed by atoms with Crippen LogP contribution in [0.3, 0.4) is 0 Å². The van der Waals surface area contributed by atoms with Gasteiger partial charge in [0.25, 0.3) is 0 Å². The standard InChI is InChI=1S/C22H37N5/c1-23-22(24-12-7-17-26-13-5-6-14-26)25-18-20-8-10-21(11-9-20)19-27-15-3-2-4-16-27/h8-11H,2-7,12-19H2,1H3,(H2,23,24,25). The summed E-state index contributed by atoms with van der Waals surface area (Å²) in [5.41, 5.74) is 2.72. The molecule has 0 unspecified atom stereocenters. The fourth-order valence-corrected chi connectivity index (χ4v) is 4.06. The van der Waals surface area contributed by atoms with Gasteiger partial charge in [-0.15, -0.1) is 0 Å². The first-order valence-electron chi connectivity index (χ1n) is 10.8. The topological polar surface area (TPSA) is 42.9 Å². The molecular weight excluding hydrogens is 334 g/mol. The highest BCUT2D eigenvalue weighted by Gasteiger charge is 2.11. The van der Waals surface area contributed by atoms with E-state index >= 15 is 0 Å². The van der Waals surface area contributed by atoms with Crippen molar-refractivity contribution in [3.8, 4) is 0 Å². The molecule has 0 aliphatic carbocycles. The third-order valence-electron chi connectivity index (χ3n) is 5.70. The number of likely N-dealkylation sites (tertiary alicyclic amines) is 2. The van der Waals surface area contributed by atoms with Crippen LogP contribution in [0.5, 0.6) is 0 Å². The number of hydrogen-bond acceptors (Lipinski definition) is 3. The smallest absolute Gasteiger partial charge is 0.191 e. The average Bonchev–Trinajstić information content (AvgIpc) is 3.23. The summed E-state index contributed by atoms with van der Waals surface area (Å²) < 4.78 is 0. The number of nitrogens with zero attached hydrogens (tertiary/aromatic N) is 3. The Morgan fingerprint density at radius 1 is 0.852 bits per heavy atom. The van der Waals surface area contributed by atoms with Gasteiger partial charge >= 0.3 is 0 Å². The van der Waals surface area contributed by atoms with Gasteiger partial charge in [0.1, 0.15) is 0 Å². The highest BCUT2D eigenvalue weighted by molar-refractivity contribution is 5.79. The Morgan fingerprint density at radius 2 is 1.48 bits per heavy atom. The van der Waals surface area contributed by atoms with Gasteiger partial charge in [0, 0.05) is 26.7 Å². The second kappa shape index (κ2) is 11.3.